The van der Waals surface area contributed by atoms with Gasteiger partial charge < -0.3 is 52.8 Å². The maximum Gasteiger partial charge on any atom is 0.342 e. The van der Waals surface area contributed by atoms with E-state index >= 15 is 8.78 Å². The number of halogens is 6. The second kappa shape index (κ2) is 34.8. The third-order valence-corrected chi connectivity index (χ3v) is 22.0. The number of carbonyl (C=O) groups is 3. The number of esters is 3. The molecule has 2 aliphatic rings. The van der Waals surface area contributed by atoms with E-state index in [1.807, 2.05) is 97.9 Å². The molecule has 550 valence electrons. The highest BCUT2D eigenvalue weighted by Crippen LogP contribution is 2.48. The van der Waals surface area contributed by atoms with Crippen molar-refractivity contribution in [2.24, 2.45) is 10.8 Å². The van der Waals surface area contributed by atoms with Crippen LogP contribution in [-0.4, -0.2) is 79.3 Å². The van der Waals surface area contributed by atoms with E-state index in [1.165, 1.54) is 42.5 Å². The van der Waals surface area contributed by atoms with Crippen molar-refractivity contribution in [2.45, 2.75) is 200 Å². The minimum absolute atomic E-state index is 0.00163. The van der Waals surface area contributed by atoms with Gasteiger partial charge in [-0.3, -0.25) is 9.59 Å². The first-order chi connectivity index (χ1) is 48.4. The average Bonchev–Trinajstić information content (AvgIpc) is 1.17. The number of hydrogen-bond acceptors (Lipinski definition) is 14. The number of rotatable bonds is 35. The van der Waals surface area contributed by atoms with Gasteiger partial charge in [-0.2, -0.15) is 0 Å². The number of carbonyl (C=O) groups excluding carboxylic acids is 3. The van der Waals surface area contributed by atoms with Crippen molar-refractivity contribution in [3.8, 4) is 34.5 Å². The Kier molecular flexibility index (Phi) is 27.0. The number of hydrogen-bond donors (Lipinski definition) is 2. The topological polar surface area (TPSA) is 175 Å². The fourth-order valence-corrected chi connectivity index (χ4v) is 15.5. The monoisotopic (exact) mass is 1630 g/mol. The van der Waals surface area contributed by atoms with Gasteiger partial charge in [0, 0.05) is 17.9 Å². The zero-order valence-electron chi connectivity index (χ0n) is 60.1. The van der Waals surface area contributed by atoms with Crippen molar-refractivity contribution in [3.05, 3.63) is 185 Å². The maximum atomic E-state index is 16.1. The van der Waals surface area contributed by atoms with Gasteiger partial charge in [-0.15, -0.1) is 0 Å². The van der Waals surface area contributed by atoms with Crippen molar-refractivity contribution >= 4 is 73.9 Å². The van der Waals surface area contributed by atoms with Crippen LogP contribution < -0.4 is 18.9 Å². The zero-order valence-corrected chi connectivity index (χ0v) is 64.4. The lowest BCUT2D eigenvalue weighted by atomic mass is 9.74. The highest BCUT2D eigenvalue weighted by molar-refractivity contribution is 14.1. The number of aromatic hydroxyl groups is 2. The van der Waals surface area contributed by atoms with E-state index < -0.39 is 68.4 Å². The number of benzene rings is 7. The van der Waals surface area contributed by atoms with Crippen LogP contribution in [0.5, 0.6) is 34.5 Å². The molecule has 2 saturated carbocycles. The van der Waals surface area contributed by atoms with Gasteiger partial charge >= 0.3 is 17.9 Å². The Hall–Kier alpha value is -6.89. The molecule has 2 N–H and O–H groups in total. The summed E-state index contributed by atoms with van der Waals surface area (Å²) in [6.45, 7) is 18.1. The predicted octanol–water partition coefficient (Wildman–Crippen LogP) is 20.9. The smallest absolute Gasteiger partial charge is 0.342 e. The van der Waals surface area contributed by atoms with Crippen LogP contribution in [0.2, 0.25) is 0 Å². The lowest BCUT2D eigenvalue weighted by Crippen LogP contribution is -2.37. The SMILES string of the molecule is CCC(CC(CC(C)(C)C(=O)OC1(C)CCCC1)c1ccc(O)c(F)c1)c1ccc(OCOCCOc2cc(C(=O)OC(C)(C)c3ccccc3)c(OCCOCOc3ccc(C(CC)CC(CC(C)(C)C(=O)OC4(C)CCCC4)c4ccc(O)c(F)c4)cc3F)c3c(I)ccc(I)c23)c(F)c1. The maximum absolute atomic E-state index is 16.1. The van der Waals surface area contributed by atoms with Crippen LogP contribution in [0.3, 0.4) is 0 Å². The molecule has 9 rings (SSSR count). The summed E-state index contributed by atoms with van der Waals surface area (Å²) in [4.78, 5) is 42.2. The molecule has 0 aliphatic heterocycles. The minimum Gasteiger partial charge on any atom is -0.505 e. The standard InChI is InChI=1S/C82H96F4I2O14/c1-11-51(40-57(55-22-28-67(89)61(83)42-55)47-78(3,4)76(92)101-81(9)32-16-17-33-81)53-24-30-69(63(85)44-53)98-49-94-36-38-96-71-46-60(75(91)100-80(7,8)59-20-14-13-15-21-59)74(73-66(88)27-26-65(87)72(71)73)97-39-37-95-50-99-70-31-25-54(45-64(70)86)52(12-2)41-58(56-23-29-68(90)62(84)43-56)48-79(5,6)77(93)102-82(10)34-18-19-35-82/h13-15,20-31,42-46,51-52,57-58,89-90H,11-12,16-19,32-41,47-50H2,1-10H3. The molecule has 0 aromatic heterocycles. The summed E-state index contributed by atoms with van der Waals surface area (Å²) < 4.78 is 118. The molecule has 102 heavy (non-hydrogen) atoms. The largest absolute Gasteiger partial charge is 0.505 e. The molecule has 14 nitrogen and oxygen atoms in total. The third-order valence-electron chi connectivity index (χ3n) is 20.2. The second-order valence-corrected chi connectivity index (χ2v) is 31.8. The van der Waals surface area contributed by atoms with E-state index in [9.17, 15) is 33.4 Å². The lowest BCUT2D eigenvalue weighted by molar-refractivity contribution is -0.170. The number of ether oxygens (including phenoxy) is 9. The van der Waals surface area contributed by atoms with Crippen molar-refractivity contribution in [2.75, 3.05) is 40.0 Å². The summed E-state index contributed by atoms with van der Waals surface area (Å²) in [5.74, 6) is -5.70. The van der Waals surface area contributed by atoms with Crippen LogP contribution >= 0.6 is 45.2 Å². The fourth-order valence-electron chi connectivity index (χ4n) is 14.1. The Bertz CT molecular complexity index is 4040. The van der Waals surface area contributed by atoms with Crippen LogP contribution in [0.4, 0.5) is 17.6 Å². The third kappa shape index (κ3) is 20.3. The fraction of sp³-hybridized carbons (Fsp3) is 0.476. The van der Waals surface area contributed by atoms with Crippen LogP contribution in [0.15, 0.2) is 121 Å². The van der Waals surface area contributed by atoms with Crippen LogP contribution in [0.1, 0.15) is 221 Å². The van der Waals surface area contributed by atoms with E-state index in [4.69, 9.17) is 42.6 Å². The molecule has 0 saturated heterocycles. The molecule has 0 spiro atoms. The summed E-state index contributed by atoms with van der Waals surface area (Å²) in [6, 6.07) is 32.8. The van der Waals surface area contributed by atoms with Gasteiger partial charge in [0.1, 0.15) is 47.1 Å². The minimum atomic E-state index is -1.08. The highest BCUT2D eigenvalue weighted by Gasteiger charge is 2.43. The molecule has 0 amide bonds. The summed E-state index contributed by atoms with van der Waals surface area (Å²) >= 11 is 4.38. The molecule has 0 radical (unpaired) electrons. The van der Waals surface area contributed by atoms with Gasteiger partial charge in [-0.25, -0.2) is 22.4 Å². The van der Waals surface area contributed by atoms with E-state index in [1.54, 1.807) is 50.2 Å². The highest BCUT2D eigenvalue weighted by atomic mass is 127. The number of phenols is 2. The molecule has 4 atom stereocenters. The molecule has 4 unspecified atom stereocenters. The first kappa shape index (κ1) is 79.2. The van der Waals surface area contributed by atoms with Gasteiger partial charge in [0.2, 0.25) is 0 Å². The van der Waals surface area contributed by atoms with Gasteiger partial charge in [0.15, 0.2) is 59.9 Å². The predicted molar refractivity (Wildman–Crippen MR) is 401 cm³/mol. The quantitative estimate of drug-likeness (QED) is 0.00959. The van der Waals surface area contributed by atoms with Crippen molar-refractivity contribution in [1.29, 1.82) is 0 Å². The number of phenolic OH excluding ortho intramolecular Hbond substituents is 2. The Labute approximate surface area is 624 Å². The van der Waals surface area contributed by atoms with Crippen molar-refractivity contribution in [3.63, 3.8) is 0 Å². The second-order valence-electron chi connectivity index (χ2n) is 29.5. The number of fused-ring (bicyclic) bond motifs is 1. The van der Waals surface area contributed by atoms with Gasteiger partial charge in [0.05, 0.1) is 24.0 Å². The summed E-state index contributed by atoms with van der Waals surface area (Å²) in [5.41, 5.74) is -0.579. The summed E-state index contributed by atoms with van der Waals surface area (Å²) in [7, 11) is 0. The Morgan fingerprint density at radius 2 is 0.902 bits per heavy atom. The molecular formula is C82H96F4I2O14. The molecule has 7 aromatic rings. The summed E-state index contributed by atoms with van der Waals surface area (Å²) in [6.07, 6.45) is 9.90. The van der Waals surface area contributed by atoms with Crippen LogP contribution in [0, 0.1) is 41.2 Å². The van der Waals surface area contributed by atoms with Gasteiger partial charge in [-0.1, -0.05) is 68.4 Å². The summed E-state index contributed by atoms with van der Waals surface area (Å²) in [5, 5.41) is 21.4. The van der Waals surface area contributed by atoms with Gasteiger partial charge in [-0.05, 0) is 309 Å². The van der Waals surface area contributed by atoms with Crippen molar-refractivity contribution in [1.82, 2.24) is 0 Å². The van der Waals surface area contributed by atoms with E-state index in [2.05, 4.69) is 45.2 Å². The van der Waals surface area contributed by atoms with Gasteiger partial charge in [0.25, 0.3) is 0 Å². The molecular weight excluding hydrogens is 1540 g/mol. The van der Waals surface area contributed by atoms with Crippen molar-refractivity contribution < 1.29 is 84.8 Å². The first-order valence-electron chi connectivity index (χ1n) is 35.4. The van der Waals surface area contributed by atoms with E-state index in [0.717, 1.165) is 64.1 Å². The van der Waals surface area contributed by atoms with Crippen LogP contribution in [-0.2, 0) is 38.9 Å². The van der Waals surface area contributed by atoms with E-state index in [0.29, 0.717) is 77.3 Å². The Balaban J connectivity index is 0.834. The lowest BCUT2D eigenvalue weighted by Gasteiger charge is -2.34. The molecule has 7 aromatic carbocycles. The first-order valence-corrected chi connectivity index (χ1v) is 37.5. The molecule has 0 heterocycles. The Morgan fingerprint density at radius 3 is 1.33 bits per heavy atom. The normalized spacial score (nSPS) is 15.7. The molecule has 2 fully saturated rings. The Morgan fingerprint density at radius 1 is 0.490 bits per heavy atom. The van der Waals surface area contributed by atoms with E-state index in [-0.39, 0.29) is 98.4 Å². The zero-order chi connectivity index (χ0) is 73.7. The average molecular weight is 1640 g/mol. The van der Waals surface area contributed by atoms with Crippen LogP contribution in [0.25, 0.3) is 10.8 Å². The molecule has 2 aliphatic carbocycles. The molecule has 20 heteroatoms. The molecule has 0 bridgehead atoms.